The van der Waals surface area contributed by atoms with Crippen molar-refractivity contribution < 1.29 is 9.90 Å². The van der Waals surface area contributed by atoms with E-state index in [-0.39, 0.29) is 5.41 Å². The number of carboxylic acid groups (broad SMARTS) is 1. The molecule has 0 saturated heterocycles. The Balaban J connectivity index is 3.63. The van der Waals surface area contributed by atoms with Crippen LogP contribution in [0.25, 0.3) is 0 Å². The predicted molar refractivity (Wildman–Crippen MR) is 105 cm³/mol. The van der Waals surface area contributed by atoms with Gasteiger partial charge >= 0.3 is 5.97 Å². The predicted octanol–water partition coefficient (Wildman–Crippen LogP) is 7.38. The van der Waals surface area contributed by atoms with Crippen molar-refractivity contribution in [1.29, 1.82) is 0 Å². The summed E-state index contributed by atoms with van der Waals surface area (Å²) in [5.41, 5.74) is -0.823. The first-order valence-electron chi connectivity index (χ1n) is 10.1. The standard InChI is InChI=1S/C22H42O2/c1-6-7-8-9-10-11-12-13-14-15-16-17-18-19-21(2,3)22(4,5)20(23)24/h13-14H,6-12,15-19H2,1-5H3,(H,23,24)/b14-13-. The molecule has 0 atom stereocenters. The van der Waals surface area contributed by atoms with E-state index in [0.717, 1.165) is 12.8 Å². The van der Waals surface area contributed by atoms with Crippen LogP contribution >= 0.6 is 0 Å². The van der Waals surface area contributed by atoms with Gasteiger partial charge < -0.3 is 5.11 Å². The average Bonchev–Trinajstić information content (AvgIpc) is 2.51. The van der Waals surface area contributed by atoms with Gasteiger partial charge in [-0.05, 0) is 51.4 Å². The molecule has 0 aromatic rings. The van der Waals surface area contributed by atoms with Gasteiger partial charge in [0.25, 0.3) is 0 Å². The quantitative estimate of drug-likeness (QED) is 0.250. The summed E-state index contributed by atoms with van der Waals surface area (Å²) in [5.74, 6) is -0.690. The Hall–Kier alpha value is -0.790. The summed E-state index contributed by atoms with van der Waals surface area (Å²) < 4.78 is 0. The van der Waals surface area contributed by atoms with E-state index in [1.54, 1.807) is 0 Å². The molecule has 0 radical (unpaired) electrons. The largest absolute Gasteiger partial charge is 0.481 e. The van der Waals surface area contributed by atoms with Crippen molar-refractivity contribution in [3.63, 3.8) is 0 Å². The molecular weight excluding hydrogens is 296 g/mol. The fourth-order valence-corrected chi connectivity index (χ4v) is 2.89. The summed E-state index contributed by atoms with van der Waals surface area (Å²) in [6, 6.07) is 0. The monoisotopic (exact) mass is 338 g/mol. The molecule has 0 bridgehead atoms. The molecule has 0 saturated carbocycles. The molecule has 0 amide bonds. The van der Waals surface area contributed by atoms with E-state index in [1.165, 1.54) is 64.2 Å². The van der Waals surface area contributed by atoms with Gasteiger partial charge in [-0.15, -0.1) is 0 Å². The van der Waals surface area contributed by atoms with E-state index in [0.29, 0.717) is 0 Å². The molecule has 0 aromatic heterocycles. The van der Waals surface area contributed by atoms with Crippen LogP contribution in [0, 0.1) is 10.8 Å². The Morgan fingerprint density at radius 1 is 0.792 bits per heavy atom. The van der Waals surface area contributed by atoms with E-state index in [4.69, 9.17) is 0 Å². The molecular formula is C22H42O2. The van der Waals surface area contributed by atoms with Crippen molar-refractivity contribution >= 4 is 5.97 Å². The summed E-state index contributed by atoms with van der Waals surface area (Å²) in [6.07, 6.45) is 19.8. The van der Waals surface area contributed by atoms with Gasteiger partial charge in [0.1, 0.15) is 0 Å². The van der Waals surface area contributed by atoms with Crippen LogP contribution in [0.15, 0.2) is 12.2 Å². The Morgan fingerprint density at radius 3 is 1.75 bits per heavy atom. The summed E-state index contributed by atoms with van der Waals surface area (Å²) >= 11 is 0. The van der Waals surface area contributed by atoms with Gasteiger partial charge in [-0.2, -0.15) is 0 Å². The fraction of sp³-hybridized carbons (Fsp3) is 0.864. The highest BCUT2D eigenvalue weighted by atomic mass is 16.4. The van der Waals surface area contributed by atoms with Crippen molar-refractivity contribution in [3.8, 4) is 0 Å². The molecule has 24 heavy (non-hydrogen) atoms. The highest BCUT2D eigenvalue weighted by Crippen LogP contribution is 2.42. The van der Waals surface area contributed by atoms with Gasteiger partial charge in [0.15, 0.2) is 0 Å². The highest BCUT2D eigenvalue weighted by molar-refractivity contribution is 5.74. The summed E-state index contributed by atoms with van der Waals surface area (Å²) in [6.45, 7) is 10.1. The third kappa shape index (κ3) is 9.49. The van der Waals surface area contributed by atoms with Gasteiger partial charge in [0, 0.05) is 0 Å². The van der Waals surface area contributed by atoms with Crippen molar-refractivity contribution in [3.05, 3.63) is 12.2 Å². The van der Waals surface area contributed by atoms with E-state index >= 15 is 0 Å². The molecule has 0 heterocycles. The second-order valence-corrected chi connectivity index (χ2v) is 8.44. The van der Waals surface area contributed by atoms with Crippen LogP contribution in [0.3, 0.4) is 0 Å². The first kappa shape index (κ1) is 23.2. The number of hydrogen-bond acceptors (Lipinski definition) is 1. The fourth-order valence-electron chi connectivity index (χ4n) is 2.89. The summed E-state index contributed by atoms with van der Waals surface area (Å²) in [7, 11) is 0. The Bertz CT molecular complexity index is 353. The first-order valence-corrected chi connectivity index (χ1v) is 10.1. The summed E-state index contributed by atoms with van der Waals surface area (Å²) in [5, 5.41) is 9.37. The molecule has 142 valence electrons. The lowest BCUT2D eigenvalue weighted by Gasteiger charge is -2.38. The number of carboxylic acids is 1. The second kappa shape index (κ2) is 12.6. The van der Waals surface area contributed by atoms with Crippen LogP contribution in [-0.2, 0) is 4.79 Å². The van der Waals surface area contributed by atoms with Gasteiger partial charge in [-0.25, -0.2) is 0 Å². The number of hydrogen-bond donors (Lipinski definition) is 1. The third-order valence-electron chi connectivity index (χ3n) is 5.79. The van der Waals surface area contributed by atoms with Crippen molar-refractivity contribution in [2.45, 2.75) is 112 Å². The summed E-state index contributed by atoms with van der Waals surface area (Å²) in [4.78, 5) is 11.4. The second-order valence-electron chi connectivity index (χ2n) is 8.44. The van der Waals surface area contributed by atoms with E-state index in [9.17, 15) is 9.90 Å². The molecule has 0 aromatic carbocycles. The molecule has 0 aliphatic carbocycles. The number of rotatable bonds is 15. The zero-order valence-corrected chi connectivity index (χ0v) is 17.0. The van der Waals surface area contributed by atoms with Crippen molar-refractivity contribution in [2.24, 2.45) is 10.8 Å². The topological polar surface area (TPSA) is 37.3 Å². The number of allylic oxidation sites excluding steroid dienone is 2. The Kier molecular flexibility index (Phi) is 12.1. The van der Waals surface area contributed by atoms with Gasteiger partial charge in [-0.3, -0.25) is 4.79 Å². The lowest BCUT2D eigenvalue weighted by atomic mass is 9.65. The smallest absolute Gasteiger partial charge is 0.309 e. The maximum atomic E-state index is 11.4. The van der Waals surface area contributed by atoms with Crippen LogP contribution in [0.2, 0.25) is 0 Å². The van der Waals surface area contributed by atoms with Crippen LogP contribution in [0.4, 0.5) is 0 Å². The molecule has 0 aliphatic heterocycles. The molecule has 0 fully saturated rings. The Morgan fingerprint density at radius 2 is 1.25 bits per heavy atom. The van der Waals surface area contributed by atoms with E-state index in [2.05, 4.69) is 32.9 Å². The molecule has 0 aliphatic rings. The lowest BCUT2D eigenvalue weighted by molar-refractivity contribution is -0.154. The zero-order chi connectivity index (χ0) is 18.5. The minimum atomic E-state index is -0.690. The van der Waals surface area contributed by atoms with Gasteiger partial charge in [-0.1, -0.05) is 77.9 Å². The maximum Gasteiger partial charge on any atom is 0.309 e. The normalized spacial score (nSPS) is 12.9. The molecule has 0 spiro atoms. The molecule has 1 N–H and O–H groups in total. The average molecular weight is 339 g/mol. The van der Waals surface area contributed by atoms with Crippen LogP contribution in [0.1, 0.15) is 112 Å². The SMILES string of the molecule is CCCCCCCC/C=C\CCCCCC(C)(C)C(C)(C)C(=O)O. The van der Waals surface area contributed by atoms with Crippen molar-refractivity contribution in [2.75, 3.05) is 0 Å². The third-order valence-corrected chi connectivity index (χ3v) is 5.79. The highest BCUT2D eigenvalue weighted by Gasteiger charge is 2.42. The van der Waals surface area contributed by atoms with Crippen LogP contribution in [-0.4, -0.2) is 11.1 Å². The molecule has 2 nitrogen and oxygen atoms in total. The minimum absolute atomic E-state index is 0.160. The number of carbonyl (C=O) groups is 1. The van der Waals surface area contributed by atoms with Crippen LogP contribution in [0.5, 0.6) is 0 Å². The van der Waals surface area contributed by atoms with Crippen molar-refractivity contribution in [1.82, 2.24) is 0 Å². The van der Waals surface area contributed by atoms with Crippen LogP contribution < -0.4 is 0 Å². The lowest BCUT2D eigenvalue weighted by Crippen LogP contribution is -2.39. The zero-order valence-electron chi connectivity index (χ0n) is 17.0. The molecule has 2 heteroatoms. The molecule has 0 rings (SSSR count). The maximum absolute atomic E-state index is 11.4. The number of unbranched alkanes of at least 4 members (excludes halogenated alkanes) is 9. The van der Waals surface area contributed by atoms with Gasteiger partial charge in [0.2, 0.25) is 0 Å². The minimum Gasteiger partial charge on any atom is -0.481 e. The van der Waals surface area contributed by atoms with E-state index < -0.39 is 11.4 Å². The molecule has 0 unspecified atom stereocenters. The Labute approximate surface area is 151 Å². The first-order chi connectivity index (χ1) is 11.3. The van der Waals surface area contributed by atoms with Gasteiger partial charge in [0.05, 0.1) is 5.41 Å². The number of aliphatic carboxylic acids is 1. The van der Waals surface area contributed by atoms with E-state index in [1.807, 2.05) is 13.8 Å².